The Kier molecular flexibility index (Phi) is 6.59. The maximum absolute atomic E-state index is 13.1. The molecule has 0 aromatic heterocycles. The molecule has 0 spiro atoms. The highest BCUT2D eigenvalue weighted by Crippen LogP contribution is 2.33. The smallest absolute Gasteiger partial charge is 0.321 e. The predicted molar refractivity (Wildman–Crippen MR) is 129 cm³/mol. The molecule has 5 rings (SSSR count). The van der Waals surface area contributed by atoms with E-state index in [0.29, 0.717) is 19.0 Å². The first-order valence-corrected chi connectivity index (χ1v) is 12.0. The Balaban J connectivity index is 1.29. The third kappa shape index (κ3) is 4.95. The van der Waals surface area contributed by atoms with Crippen molar-refractivity contribution in [3.8, 4) is 11.5 Å². The summed E-state index contributed by atoms with van der Waals surface area (Å²) in [7, 11) is 0. The first kappa shape index (κ1) is 23.2. The minimum atomic E-state index is -1.01. The molecule has 0 aliphatic carbocycles. The molecule has 1 saturated heterocycles. The average Bonchev–Trinajstić information content (AvgIpc) is 3.32. The van der Waals surface area contributed by atoms with Gasteiger partial charge in [-0.25, -0.2) is 4.99 Å². The normalized spacial score (nSPS) is 21.9. The number of esters is 1. The van der Waals surface area contributed by atoms with Crippen LogP contribution in [-0.4, -0.2) is 67.2 Å². The molecule has 3 heterocycles. The molecule has 1 amide bonds. The minimum absolute atomic E-state index is 0.213. The van der Waals surface area contributed by atoms with Gasteiger partial charge in [-0.3, -0.25) is 19.8 Å². The van der Waals surface area contributed by atoms with E-state index in [1.165, 1.54) is 5.56 Å². The summed E-state index contributed by atoms with van der Waals surface area (Å²) in [5.41, 5.74) is 3.05. The van der Waals surface area contributed by atoms with Crippen LogP contribution in [0.25, 0.3) is 0 Å². The van der Waals surface area contributed by atoms with Gasteiger partial charge in [0, 0.05) is 32.7 Å². The number of hydrogen-bond donors (Lipinski definition) is 1. The number of aryl methyl sites for hydroxylation is 1. The van der Waals surface area contributed by atoms with Crippen molar-refractivity contribution in [2.24, 2.45) is 10.9 Å². The number of rotatable bonds is 5. The van der Waals surface area contributed by atoms with Gasteiger partial charge in [-0.2, -0.15) is 0 Å². The highest BCUT2D eigenvalue weighted by molar-refractivity contribution is 6.08. The van der Waals surface area contributed by atoms with E-state index < -0.39 is 17.9 Å². The number of benzene rings is 2. The molecule has 9 heteroatoms. The molecule has 35 heavy (non-hydrogen) atoms. The van der Waals surface area contributed by atoms with Crippen LogP contribution in [0.1, 0.15) is 29.7 Å². The molecule has 3 aliphatic rings. The molecule has 3 aliphatic heterocycles. The zero-order chi connectivity index (χ0) is 24.4. The summed E-state index contributed by atoms with van der Waals surface area (Å²) in [6, 6.07) is 13.2. The fourth-order valence-electron chi connectivity index (χ4n) is 4.73. The number of piperazine rings is 1. The van der Waals surface area contributed by atoms with Gasteiger partial charge >= 0.3 is 5.97 Å². The van der Waals surface area contributed by atoms with Crippen LogP contribution in [0.4, 0.5) is 0 Å². The predicted octanol–water partition coefficient (Wildman–Crippen LogP) is 2.25. The van der Waals surface area contributed by atoms with E-state index in [1.807, 2.05) is 43.3 Å². The van der Waals surface area contributed by atoms with Gasteiger partial charge in [0.2, 0.25) is 18.7 Å². The van der Waals surface area contributed by atoms with E-state index in [0.717, 1.165) is 42.3 Å². The molecule has 1 fully saturated rings. The molecule has 0 bridgehead atoms. The van der Waals surface area contributed by atoms with Crippen LogP contribution in [0.5, 0.6) is 11.5 Å². The SMILES string of the molecule is CCOC(=O)[C@H]1C(=O)NC(N2CCN(Cc3ccc4c(c3)OCO4)CC2)=N[C@@H]1c1cccc(C)c1. The van der Waals surface area contributed by atoms with Crippen molar-refractivity contribution in [2.45, 2.75) is 26.4 Å². The molecular formula is C26H30N4O5. The summed E-state index contributed by atoms with van der Waals surface area (Å²) >= 11 is 0. The van der Waals surface area contributed by atoms with Gasteiger partial charge in [-0.05, 0) is 37.1 Å². The maximum atomic E-state index is 13.1. The molecule has 2 atom stereocenters. The van der Waals surface area contributed by atoms with Crippen molar-refractivity contribution >= 4 is 17.8 Å². The Morgan fingerprint density at radius 3 is 2.69 bits per heavy atom. The third-order valence-corrected chi connectivity index (χ3v) is 6.53. The molecule has 184 valence electrons. The first-order chi connectivity index (χ1) is 17.0. The number of carbonyl (C=O) groups is 2. The molecule has 2 aromatic rings. The van der Waals surface area contributed by atoms with Crippen LogP contribution in [-0.2, 0) is 20.9 Å². The first-order valence-electron chi connectivity index (χ1n) is 12.0. The molecule has 0 unspecified atom stereocenters. The van der Waals surface area contributed by atoms with Gasteiger partial charge in [-0.1, -0.05) is 35.9 Å². The fourth-order valence-corrected chi connectivity index (χ4v) is 4.73. The Hall–Kier alpha value is -3.59. The Morgan fingerprint density at radius 1 is 1.11 bits per heavy atom. The number of guanidine groups is 1. The van der Waals surface area contributed by atoms with Gasteiger partial charge in [0.25, 0.3) is 0 Å². The molecule has 2 aromatic carbocycles. The second-order valence-electron chi connectivity index (χ2n) is 8.98. The summed E-state index contributed by atoms with van der Waals surface area (Å²) < 4.78 is 16.1. The second kappa shape index (κ2) is 9.95. The van der Waals surface area contributed by atoms with Gasteiger partial charge in [-0.15, -0.1) is 0 Å². The zero-order valence-electron chi connectivity index (χ0n) is 20.0. The minimum Gasteiger partial charge on any atom is -0.465 e. The maximum Gasteiger partial charge on any atom is 0.321 e. The fraction of sp³-hybridized carbons (Fsp3) is 0.423. The molecule has 1 N–H and O–H groups in total. The number of carbonyl (C=O) groups excluding carboxylic acids is 2. The van der Waals surface area contributed by atoms with Crippen molar-refractivity contribution < 1.29 is 23.8 Å². The average molecular weight is 479 g/mol. The summed E-state index contributed by atoms with van der Waals surface area (Å²) in [6.07, 6.45) is 0. The van der Waals surface area contributed by atoms with Gasteiger partial charge in [0.15, 0.2) is 17.4 Å². The lowest BCUT2D eigenvalue weighted by molar-refractivity contribution is -0.153. The van der Waals surface area contributed by atoms with E-state index in [4.69, 9.17) is 19.2 Å². The van der Waals surface area contributed by atoms with Crippen LogP contribution >= 0.6 is 0 Å². The van der Waals surface area contributed by atoms with Gasteiger partial charge in [0.05, 0.1) is 6.61 Å². The lowest BCUT2D eigenvalue weighted by Crippen LogP contribution is -2.57. The summed E-state index contributed by atoms with van der Waals surface area (Å²) in [5.74, 6) is 0.167. The van der Waals surface area contributed by atoms with Crippen LogP contribution in [0.3, 0.4) is 0 Å². The van der Waals surface area contributed by atoms with Crippen molar-refractivity contribution in [2.75, 3.05) is 39.6 Å². The van der Waals surface area contributed by atoms with Gasteiger partial charge < -0.3 is 19.1 Å². The highest BCUT2D eigenvalue weighted by Gasteiger charge is 2.42. The van der Waals surface area contributed by atoms with E-state index in [-0.39, 0.29) is 19.3 Å². The van der Waals surface area contributed by atoms with E-state index >= 15 is 0 Å². The Bertz CT molecular complexity index is 1140. The van der Waals surface area contributed by atoms with Crippen LogP contribution in [0.15, 0.2) is 47.5 Å². The lowest BCUT2D eigenvalue weighted by atomic mass is 9.90. The van der Waals surface area contributed by atoms with E-state index in [1.54, 1.807) is 6.92 Å². The Morgan fingerprint density at radius 2 is 1.91 bits per heavy atom. The van der Waals surface area contributed by atoms with Crippen molar-refractivity contribution in [3.63, 3.8) is 0 Å². The quantitative estimate of drug-likeness (QED) is 0.521. The van der Waals surface area contributed by atoms with Crippen molar-refractivity contribution in [1.82, 2.24) is 15.1 Å². The van der Waals surface area contributed by atoms with Crippen molar-refractivity contribution in [1.29, 1.82) is 0 Å². The number of ether oxygens (including phenoxy) is 3. The topological polar surface area (TPSA) is 92.7 Å². The number of aliphatic imine (C=N–C) groups is 1. The Labute approximate surface area is 204 Å². The van der Waals surface area contributed by atoms with Crippen LogP contribution in [0, 0.1) is 12.8 Å². The standard InChI is InChI=1S/C26H30N4O5/c1-3-33-25(32)22-23(19-6-4-5-17(2)13-19)27-26(28-24(22)31)30-11-9-29(10-12-30)15-18-7-8-20-21(14-18)35-16-34-20/h4-8,13-14,22-23H,3,9-12,15-16H2,1-2H3,(H,27,28,31)/t22-,23-/m1/s1. The zero-order valence-corrected chi connectivity index (χ0v) is 20.0. The lowest BCUT2D eigenvalue weighted by Gasteiger charge is -2.39. The van der Waals surface area contributed by atoms with E-state index in [2.05, 4.69) is 21.2 Å². The number of hydrogen-bond acceptors (Lipinski definition) is 8. The largest absolute Gasteiger partial charge is 0.465 e. The van der Waals surface area contributed by atoms with Gasteiger partial charge in [0.1, 0.15) is 6.04 Å². The second-order valence-corrected chi connectivity index (χ2v) is 8.98. The number of amides is 1. The molecule has 9 nitrogen and oxygen atoms in total. The molecule has 0 radical (unpaired) electrons. The number of fused-ring (bicyclic) bond motifs is 1. The summed E-state index contributed by atoms with van der Waals surface area (Å²) in [4.78, 5) is 35.0. The molecular weight excluding hydrogens is 448 g/mol. The van der Waals surface area contributed by atoms with E-state index in [9.17, 15) is 9.59 Å². The van der Waals surface area contributed by atoms with Crippen LogP contribution < -0.4 is 14.8 Å². The highest BCUT2D eigenvalue weighted by atomic mass is 16.7. The van der Waals surface area contributed by atoms with Crippen LogP contribution in [0.2, 0.25) is 0 Å². The number of nitrogens with zero attached hydrogens (tertiary/aromatic N) is 3. The number of nitrogens with one attached hydrogen (secondary N) is 1. The monoisotopic (exact) mass is 478 g/mol. The third-order valence-electron chi connectivity index (χ3n) is 6.53. The summed E-state index contributed by atoms with van der Waals surface area (Å²) in [6.45, 7) is 8.08. The summed E-state index contributed by atoms with van der Waals surface area (Å²) in [5, 5.41) is 2.87. The molecule has 0 saturated carbocycles. The van der Waals surface area contributed by atoms with Crippen molar-refractivity contribution in [3.05, 3.63) is 59.2 Å².